The lowest BCUT2D eigenvalue weighted by Crippen LogP contribution is -2.28. The number of benzene rings is 2. The topological polar surface area (TPSA) is 46.2 Å². The Labute approximate surface area is 131 Å². The molecule has 0 aromatic heterocycles. The summed E-state index contributed by atoms with van der Waals surface area (Å²) in [6, 6.07) is 13.8. The molecule has 112 valence electrons. The summed E-state index contributed by atoms with van der Waals surface area (Å²) in [5, 5.41) is 0.513. The van der Waals surface area contributed by atoms with Crippen LogP contribution in [-0.4, -0.2) is 8.42 Å². The lowest BCUT2D eigenvalue weighted by Gasteiger charge is -2.18. The highest BCUT2D eigenvalue weighted by Crippen LogP contribution is 2.21. The summed E-state index contributed by atoms with van der Waals surface area (Å²) in [5.74, 6) is 0. The number of hydrogen-bond donors (Lipinski definition) is 1. The summed E-state index contributed by atoms with van der Waals surface area (Å²) in [4.78, 5) is 0.220. The number of aryl methyl sites for hydroxylation is 1. The Balaban J connectivity index is 2.24. The maximum atomic E-state index is 12.4. The highest BCUT2D eigenvalue weighted by molar-refractivity contribution is 7.89. The van der Waals surface area contributed by atoms with Crippen molar-refractivity contribution in [2.75, 3.05) is 0 Å². The second-order valence-electron chi connectivity index (χ2n) is 4.95. The monoisotopic (exact) mass is 323 g/mol. The van der Waals surface area contributed by atoms with Gasteiger partial charge in [0.2, 0.25) is 10.0 Å². The molecule has 0 aliphatic carbocycles. The Hall–Kier alpha value is -1.36. The molecule has 1 N–H and O–H groups in total. The highest BCUT2D eigenvalue weighted by atomic mass is 35.5. The van der Waals surface area contributed by atoms with E-state index in [9.17, 15) is 8.42 Å². The second-order valence-corrected chi connectivity index (χ2v) is 7.10. The van der Waals surface area contributed by atoms with Crippen LogP contribution in [0, 0.1) is 6.92 Å². The van der Waals surface area contributed by atoms with E-state index in [-0.39, 0.29) is 10.9 Å². The van der Waals surface area contributed by atoms with Gasteiger partial charge in [-0.3, -0.25) is 0 Å². The first-order chi connectivity index (χ1) is 9.92. The first-order valence-corrected chi connectivity index (χ1v) is 8.63. The smallest absolute Gasteiger partial charge is 0.207 e. The summed E-state index contributed by atoms with van der Waals surface area (Å²) >= 11 is 5.79. The van der Waals surface area contributed by atoms with E-state index in [1.165, 1.54) is 12.1 Å². The van der Waals surface area contributed by atoms with E-state index >= 15 is 0 Å². The van der Waals surface area contributed by atoms with E-state index in [0.717, 1.165) is 11.1 Å². The van der Waals surface area contributed by atoms with Gasteiger partial charge in [-0.15, -0.1) is 0 Å². The molecule has 0 fully saturated rings. The summed E-state index contributed by atoms with van der Waals surface area (Å²) in [6.07, 6.45) is 0.676. The molecular formula is C16H18ClNO2S. The van der Waals surface area contributed by atoms with Crippen molar-refractivity contribution in [3.8, 4) is 0 Å². The summed E-state index contributed by atoms with van der Waals surface area (Å²) in [6.45, 7) is 3.96. The van der Waals surface area contributed by atoms with Gasteiger partial charge in [-0.2, -0.15) is 0 Å². The van der Waals surface area contributed by atoms with Crippen LogP contribution in [0.15, 0.2) is 53.4 Å². The Morgan fingerprint density at radius 1 is 1.05 bits per heavy atom. The molecular weight excluding hydrogens is 306 g/mol. The average Bonchev–Trinajstić information content (AvgIpc) is 2.46. The van der Waals surface area contributed by atoms with Gasteiger partial charge in [0.25, 0.3) is 0 Å². The average molecular weight is 324 g/mol. The molecule has 0 heterocycles. The van der Waals surface area contributed by atoms with Crippen molar-refractivity contribution in [1.82, 2.24) is 4.72 Å². The quantitative estimate of drug-likeness (QED) is 0.901. The third-order valence-corrected chi connectivity index (χ3v) is 5.05. The van der Waals surface area contributed by atoms with E-state index in [4.69, 9.17) is 11.6 Å². The molecule has 2 aromatic carbocycles. The molecule has 0 aliphatic rings. The van der Waals surface area contributed by atoms with Crippen molar-refractivity contribution in [3.63, 3.8) is 0 Å². The number of nitrogens with one attached hydrogen (secondary N) is 1. The fourth-order valence-corrected chi connectivity index (χ4v) is 3.49. The molecule has 1 unspecified atom stereocenters. The molecule has 1 atom stereocenters. The van der Waals surface area contributed by atoms with Crippen LogP contribution in [0.25, 0.3) is 0 Å². The molecule has 0 spiro atoms. The zero-order chi connectivity index (χ0) is 15.5. The molecule has 5 heteroatoms. The molecule has 21 heavy (non-hydrogen) atoms. The van der Waals surface area contributed by atoms with Crippen molar-refractivity contribution < 1.29 is 8.42 Å². The number of halogens is 1. The van der Waals surface area contributed by atoms with E-state index < -0.39 is 10.0 Å². The minimum Gasteiger partial charge on any atom is -0.207 e. The molecule has 2 aromatic rings. The number of rotatable bonds is 5. The van der Waals surface area contributed by atoms with Crippen molar-refractivity contribution in [3.05, 3.63) is 64.7 Å². The number of hydrogen-bond acceptors (Lipinski definition) is 2. The fraction of sp³-hybridized carbons (Fsp3) is 0.250. The lowest BCUT2D eigenvalue weighted by molar-refractivity contribution is 0.550. The van der Waals surface area contributed by atoms with Gasteiger partial charge in [-0.25, -0.2) is 13.1 Å². The normalized spacial score (nSPS) is 13.1. The van der Waals surface area contributed by atoms with E-state index in [1.807, 2.05) is 38.1 Å². The summed E-state index contributed by atoms with van der Waals surface area (Å²) < 4.78 is 27.5. The van der Waals surface area contributed by atoms with Crippen molar-refractivity contribution >= 4 is 21.6 Å². The van der Waals surface area contributed by atoms with Gasteiger partial charge < -0.3 is 0 Å². The van der Waals surface area contributed by atoms with Crippen LogP contribution in [0.1, 0.15) is 30.5 Å². The highest BCUT2D eigenvalue weighted by Gasteiger charge is 2.20. The Bertz CT molecular complexity index is 694. The molecule has 0 aliphatic heterocycles. The third kappa shape index (κ3) is 4.06. The first kappa shape index (κ1) is 16.0. The van der Waals surface area contributed by atoms with Crippen molar-refractivity contribution in [2.24, 2.45) is 0 Å². The van der Waals surface area contributed by atoms with Gasteiger partial charge in [0.1, 0.15) is 0 Å². The Morgan fingerprint density at radius 3 is 2.14 bits per heavy atom. The summed E-state index contributed by atoms with van der Waals surface area (Å²) in [7, 11) is -3.56. The van der Waals surface area contributed by atoms with E-state index in [1.54, 1.807) is 12.1 Å². The SMILES string of the molecule is CCC(NS(=O)(=O)c1ccc(Cl)cc1)c1ccc(C)cc1. The van der Waals surface area contributed by atoms with Crippen LogP contribution in [0.3, 0.4) is 0 Å². The minimum atomic E-state index is -3.56. The second kappa shape index (κ2) is 6.60. The molecule has 0 bridgehead atoms. The van der Waals surface area contributed by atoms with Crippen LogP contribution < -0.4 is 4.72 Å². The zero-order valence-corrected chi connectivity index (χ0v) is 13.6. The van der Waals surface area contributed by atoms with E-state index in [2.05, 4.69) is 4.72 Å². The lowest BCUT2D eigenvalue weighted by atomic mass is 10.0. The number of sulfonamides is 1. The van der Waals surface area contributed by atoms with Gasteiger partial charge in [-0.1, -0.05) is 48.4 Å². The predicted molar refractivity (Wildman–Crippen MR) is 86.0 cm³/mol. The third-order valence-electron chi connectivity index (χ3n) is 3.31. The van der Waals surface area contributed by atoms with E-state index in [0.29, 0.717) is 11.4 Å². The predicted octanol–water partition coefficient (Wildman–Crippen LogP) is 4.08. The van der Waals surface area contributed by atoms with Gasteiger partial charge >= 0.3 is 0 Å². The van der Waals surface area contributed by atoms with Crippen LogP contribution in [0.4, 0.5) is 0 Å². The van der Waals surface area contributed by atoms with Gasteiger partial charge in [0.15, 0.2) is 0 Å². The molecule has 3 nitrogen and oxygen atoms in total. The first-order valence-electron chi connectivity index (χ1n) is 6.77. The Kier molecular flexibility index (Phi) is 5.04. The molecule has 2 rings (SSSR count). The van der Waals surface area contributed by atoms with Crippen LogP contribution in [-0.2, 0) is 10.0 Å². The molecule has 0 saturated heterocycles. The standard InChI is InChI=1S/C16H18ClNO2S/c1-3-16(13-6-4-12(2)5-7-13)18-21(19,20)15-10-8-14(17)9-11-15/h4-11,16,18H,3H2,1-2H3. The zero-order valence-electron chi connectivity index (χ0n) is 12.0. The van der Waals surface area contributed by atoms with Crippen LogP contribution in [0.2, 0.25) is 5.02 Å². The fourth-order valence-electron chi connectivity index (χ4n) is 2.05. The Morgan fingerprint density at radius 2 is 1.62 bits per heavy atom. The molecule has 0 amide bonds. The van der Waals surface area contributed by atoms with Gasteiger partial charge in [-0.05, 0) is 43.2 Å². The van der Waals surface area contributed by atoms with Gasteiger partial charge in [0.05, 0.1) is 4.90 Å². The largest absolute Gasteiger partial charge is 0.241 e. The summed E-state index contributed by atoms with van der Waals surface area (Å²) in [5.41, 5.74) is 2.11. The van der Waals surface area contributed by atoms with Crippen molar-refractivity contribution in [2.45, 2.75) is 31.2 Å². The van der Waals surface area contributed by atoms with Crippen LogP contribution in [0.5, 0.6) is 0 Å². The molecule has 0 saturated carbocycles. The van der Waals surface area contributed by atoms with Gasteiger partial charge in [0, 0.05) is 11.1 Å². The van der Waals surface area contributed by atoms with Crippen molar-refractivity contribution in [1.29, 1.82) is 0 Å². The molecule has 0 radical (unpaired) electrons. The minimum absolute atomic E-state index is 0.220. The maximum Gasteiger partial charge on any atom is 0.241 e. The van der Waals surface area contributed by atoms with Crippen LogP contribution >= 0.6 is 11.6 Å². The maximum absolute atomic E-state index is 12.4.